The topological polar surface area (TPSA) is 87.7 Å². The van der Waals surface area contributed by atoms with E-state index in [1.165, 1.54) is 6.07 Å². The summed E-state index contributed by atoms with van der Waals surface area (Å²) in [4.78, 5) is 36.0. The molecule has 4 rings (SSSR count). The van der Waals surface area contributed by atoms with Gasteiger partial charge in [-0.05, 0) is 47.9 Å². The van der Waals surface area contributed by atoms with Crippen molar-refractivity contribution in [1.29, 1.82) is 0 Å². The maximum absolute atomic E-state index is 12.4. The lowest BCUT2D eigenvalue weighted by Crippen LogP contribution is -2.27. The van der Waals surface area contributed by atoms with E-state index < -0.39 is 0 Å². The van der Waals surface area contributed by atoms with Crippen molar-refractivity contribution < 1.29 is 4.79 Å². The molecule has 6 nitrogen and oxygen atoms in total. The molecular formula is C28H23ClN4O2. The molecule has 0 saturated carbocycles. The summed E-state index contributed by atoms with van der Waals surface area (Å²) in [7, 11) is 0. The predicted octanol–water partition coefficient (Wildman–Crippen LogP) is 4.82. The van der Waals surface area contributed by atoms with E-state index in [0.29, 0.717) is 34.3 Å². The predicted molar refractivity (Wildman–Crippen MR) is 138 cm³/mol. The fraction of sp³-hybridized carbons (Fsp3) is 0.143. The van der Waals surface area contributed by atoms with Gasteiger partial charge in [0.25, 0.3) is 5.56 Å². The minimum absolute atomic E-state index is 0.0387. The van der Waals surface area contributed by atoms with E-state index in [0.717, 1.165) is 16.7 Å². The highest BCUT2D eigenvalue weighted by atomic mass is 35.5. The van der Waals surface area contributed by atoms with Gasteiger partial charge in [0.1, 0.15) is 11.5 Å². The molecule has 0 unspecified atom stereocenters. The molecule has 4 aromatic rings. The highest BCUT2D eigenvalue weighted by Gasteiger charge is 2.12. The van der Waals surface area contributed by atoms with Crippen LogP contribution in [0.5, 0.6) is 0 Å². The van der Waals surface area contributed by atoms with Crippen LogP contribution in [0, 0.1) is 17.8 Å². The first-order chi connectivity index (χ1) is 16.9. The Morgan fingerprint density at radius 2 is 1.86 bits per heavy atom. The average Bonchev–Trinajstić information content (AvgIpc) is 2.87. The second-order valence-corrected chi connectivity index (χ2v) is 8.62. The summed E-state index contributed by atoms with van der Waals surface area (Å²) >= 11 is 6.43. The Balaban J connectivity index is 1.60. The molecule has 7 heteroatoms. The minimum atomic E-state index is -0.293. The second-order valence-electron chi connectivity index (χ2n) is 8.21. The Morgan fingerprint density at radius 3 is 2.57 bits per heavy atom. The van der Waals surface area contributed by atoms with Crippen LogP contribution in [0.3, 0.4) is 0 Å². The summed E-state index contributed by atoms with van der Waals surface area (Å²) in [6, 6.07) is 19.9. The van der Waals surface area contributed by atoms with E-state index >= 15 is 0 Å². The standard InChI is InChI=1S/C28H23ClN4O2/c1-18(2)28(35)31-17-20-9-13-24(29)23(15-20)27-32-25(16-26(34)33-27)21-10-6-19(7-11-21)8-12-22-5-3-4-14-30-22/h3-7,9-11,13-16,18H,17H2,1-2H3,(H,31,35)(H,32,33,34). The number of halogens is 1. The number of carbonyl (C=O) groups excluding carboxylic acids is 1. The van der Waals surface area contributed by atoms with Gasteiger partial charge in [-0.15, -0.1) is 0 Å². The molecule has 0 radical (unpaired) electrons. The van der Waals surface area contributed by atoms with Crippen molar-refractivity contribution >= 4 is 17.5 Å². The van der Waals surface area contributed by atoms with Crippen LogP contribution in [0.25, 0.3) is 22.6 Å². The first kappa shape index (κ1) is 23.9. The first-order valence-electron chi connectivity index (χ1n) is 11.1. The normalized spacial score (nSPS) is 10.5. The fourth-order valence-corrected chi connectivity index (χ4v) is 3.49. The molecule has 0 saturated heterocycles. The van der Waals surface area contributed by atoms with Gasteiger partial charge in [0.2, 0.25) is 5.91 Å². The average molecular weight is 483 g/mol. The van der Waals surface area contributed by atoms with Crippen molar-refractivity contribution in [3.8, 4) is 34.5 Å². The van der Waals surface area contributed by atoms with Crippen molar-refractivity contribution in [2.24, 2.45) is 5.92 Å². The van der Waals surface area contributed by atoms with Gasteiger partial charge in [0.05, 0.1) is 10.7 Å². The van der Waals surface area contributed by atoms with E-state index in [2.05, 4.69) is 32.1 Å². The van der Waals surface area contributed by atoms with E-state index in [-0.39, 0.29) is 17.4 Å². The number of nitrogens with zero attached hydrogens (tertiary/aromatic N) is 2. The molecule has 0 aliphatic carbocycles. The molecule has 174 valence electrons. The zero-order valence-electron chi connectivity index (χ0n) is 19.3. The van der Waals surface area contributed by atoms with Gasteiger partial charge in [0, 0.05) is 41.4 Å². The number of hydrogen-bond donors (Lipinski definition) is 2. The van der Waals surface area contributed by atoms with Crippen LogP contribution in [-0.2, 0) is 11.3 Å². The van der Waals surface area contributed by atoms with E-state index in [1.54, 1.807) is 12.3 Å². The molecule has 0 bridgehead atoms. The van der Waals surface area contributed by atoms with E-state index in [4.69, 9.17) is 11.6 Å². The summed E-state index contributed by atoms with van der Waals surface area (Å²) in [6.07, 6.45) is 1.70. The third-order valence-corrected chi connectivity index (χ3v) is 5.53. The van der Waals surface area contributed by atoms with Crippen molar-refractivity contribution in [3.63, 3.8) is 0 Å². The number of carbonyl (C=O) groups is 1. The summed E-state index contributed by atoms with van der Waals surface area (Å²) in [5.74, 6) is 6.31. The van der Waals surface area contributed by atoms with Crippen LogP contribution in [0.2, 0.25) is 5.02 Å². The smallest absolute Gasteiger partial charge is 0.251 e. The van der Waals surface area contributed by atoms with E-state index in [9.17, 15) is 9.59 Å². The zero-order valence-corrected chi connectivity index (χ0v) is 20.1. The largest absolute Gasteiger partial charge is 0.352 e. The summed E-state index contributed by atoms with van der Waals surface area (Å²) in [5, 5.41) is 3.33. The van der Waals surface area contributed by atoms with Crippen LogP contribution >= 0.6 is 11.6 Å². The number of nitrogens with one attached hydrogen (secondary N) is 2. The number of amides is 1. The van der Waals surface area contributed by atoms with Crippen LogP contribution in [-0.4, -0.2) is 20.9 Å². The quantitative estimate of drug-likeness (QED) is 0.399. The number of pyridine rings is 1. The highest BCUT2D eigenvalue weighted by molar-refractivity contribution is 6.33. The fourth-order valence-electron chi connectivity index (χ4n) is 3.29. The van der Waals surface area contributed by atoms with Gasteiger partial charge < -0.3 is 10.3 Å². The Labute approximate surface area is 208 Å². The summed E-state index contributed by atoms with van der Waals surface area (Å²) in [5.41, 5.74) is 3.95. The lowest BCUT2D eigenvalue weighted by Gasteiger charge is -2.11. The number of aromatic amines is 1. The number of rotatable bonds is 5. The molecule has 2 heterocycles. The number of benzene rings is 2. The van der Waals surface area contributed by atoms with Gasteiger partial charge in [-0.3, -0.25) is 9.59 Å². The van der Waals surface area contributed by atoms with Gasteiger partial charge in [-0.25, -0.2) is 9.97 Å². The zero-order chi connectivity index (χ0) is 24.8. The lowest BCUT2D eigenvalue weighted by atomic mass is 10.1. The molecule has 1 amide bonds. The molecule has 2 aromatic carbocycles. The Morgan fingerprint density at radius 1 is 1.06 bits per heavy atom. The van der Waals surface area contributed by atoms with Crippen LogP contribution in [0.1, 0.15) is 30.7 Å². The molecule has 0 aliphatic rings. The van der Waals surface area contributed by atoms with Crippen molar-refractivity contribution in [1.82, 2.24) is 20.3 Å². The number of H-pyrrole nitrogens is 1. The Hall–Kier alpha value is -4.21. The molecule has 2 N–H and O–H groups in total. The third kappa shape index (κ3) is 6.23. The minimum Gasteiger partial charge on any atom is -0.352 e. The SMILES string of the molecule is CC(C)C(=O)NCc1ccc(Cl)c(-c2nc(-c3ccc(C#Cc4ccccn4)cc3)cc(=O)[nH]2)c1. The van der Waals surface area contributed by atoms with Gasteiger partial charge in [-0.2, -0.15) is 0 Å². The summed E-state index contributed by atoms with van der Waals surface area (Å²) < 4.78 is 0. The number of hydrogen-bond acceptors (Lipinski definition) is 4. The molecular weight excluding hydrogens is 460 g/mol. The second kappa shape index (κ2) is 10.8. The van der Waals surface area contributed by atoms with Crippen molar-refractivity contribution in [2.75, 3.05) is 0 Å². The van der Waals surface area contributed by atoms with Crippen molar-refractivity contribution in [2.45, 2.75) is 20.4 Å². The molecule has 35 heavy (non-hydrogen) atoms. The number of aromatic nitrogens is 3. The van der Waals surface area contributed by atoms with Gasteiger partial charge in [0.15, 0.2) is 0 Å². The summed E-state index contributed by atoms with van der Waals surface area (Å²) in [6.45, 7) is 4.02. The highest BCUT2D eigenvalue weighted by Crippen LogP contribution is 2.27. The molecule has 2 aromatic heterocycles. The Kier molecular flexibility index (Phi) is 7.39. The Bertz CT molecular complexity index is 1470. The van der Waals surface area contributed by atoms with Crippen molar-refractivity contribution in [3.05, 3.63) is 105 Å². The monoisotopic (exact) mass is 482 g/mol. The molecule has 0 fully saturated rings. The van der Waals surface area contributed by atoms with Gasteiger partial charge in [-0.1, -0.05) is 55.6 Å². The molecule has 0 aliphatic heterocycles. The molecule has 0 spiro atoms. The van der Waals surface area contributed by atoms with Crippen LogP contribution in [0.15, 0.2) is 77.7 Å². The van der Waals surface area contributed by atoms with E-state index in [1.807, 2.05) is 68.4 Å². The van der Waals surface area contributed by atoms with Gasteiger partial charge >= 0.3 is 0 Å². The van der Waals surface area contributed by atoms with Crippen LogP contribution < -0.4 is 10.9 Å². The first-order valence-corrected chi connectivity index (χ1v) is 11.5. The maximum Gasteiger partial charge on any atom is 0.251 e. The lowest BCUT2D eigenvalue weighted by molar-refractivity contribution is -0.124. The maximum atomic E-state index is 12.4. The molecule has 0 atom stereocenters. The van der Waals surface area contributed by atoms with Crippen LogP contribution in [0.4, 0.5) is 0 Å². The third-order valence-electron chi connectivity index (χ3n) is 5.20.